The predicted molar refractivity (Wildman–Crippen MR) is 97.0 cm³/mol. The van der Waals surface area contributed by atoms with Crippen LogP contribution in [0, 0.1) is 0 Å². The van der Waals surface area contributed by atoms with Gasteiger partial charge in [-0.05, 0) is 36.5 Å². The van der Waals surface area contributed by atoms with Gasteiger partial charge in [0.2, 0.25) is 0 Å². The number of thiazole rings is 1. The lowest BCUT2D eigenvalue weighted by Crippen LogP contribution is -2.56. The number of nitrogens with one attached hydrogen (secondary N) is 1. The lowest BCUT2D eigenvalue weighted by Gasteiger charge is -2.33. The molecule has 126 valence electrons. The molecule has 24 heavy (non-hydrogen) atoms. The molecule has 2 aromatic rings. The molecule has 0 unspecified atom stereocenters. The molecule has 1 saturated heterocycles. The summed E-state index contributed by atoms with van der Waals surface area (Å²) < 4.78 is 0. The summed E-state index contributed by atoms with van der Waals surface area (Å²) >= 11 is 8.91. The monoisotopic (exact) mass is 382 g/mol. The Morgan fingerprint density at radius 3 is 2.50 bits per heavy atom. The number of aliphatic carboxylic acids is 1. The molecule has 2 N–H and O–H groups in total. The van der Waals surface area contributed by atoms with Gasteiger partial charge in [-0.1, -0.05) is 23.7 Å². The van der Waals surface area contributed by atoms with Crippen molar-refractivity contribution in [2.45, 2.75) is 18.4 Å². The average Bonchev–Trinajstić information content (AvgIpc) is 3.06. The number of carbonyl (C=O) groups is 2. The molecule has 8 heteroatoms. The largest absolute Gasteiger partial charge is 0.480 e. The molecule has 3 rings (SSSR count). The van der Waals surface area contributed by atoms with Crippen molar-refractivity contribution < 1.29 is 14.7 Å². The highest BCUT2D eigenvalue weighted by Crippen LogP contribution is 2.29. The maximum atomic E-state index is 12.5. The minimum absolute atomic E-state index is 0.240. The summed E-state index contributed by atoms with van der Waals surface area (Å²) in [5.74, 6) is 0.0179. The van der Waals surface area contributed by atoms with Gasteiger partial charge in [0.05, 0.1) is 0 Å². The van der Waals surface area contributed by atoms with Crippen molar-refractivity contribution in [1.82, 2.24) is 10.3 Å². The Balaban J connectivity index is 1.78. The third kappa shape index (κ3) is 3.58. The molecule has 1 aliphatic heterocycles. The van der Waals surface area contributed by atoms with E-state index in [9.17, 15) is 14.7 Å². The van der Waals surface area contributed by atoms with E-state index in [1.165, 1.54) is 11.3 Å². The predicted octanol–water partition coefficient (Wildman–Crippen LogP) is 3.54. The SMILES string of the molecule is O=C(NC1(C(=O)O)CCSCC1)c1csc(-c2ccc(Cl)cc2)n1. The normalized spacial score (nSPS) is 16.5. The Bertz CT molecular complexity index is 755. The van der Waals surface area contributed by atoms with Crippen LogP contribution < -0.4 is 5.32 Å². The second-order valence-corrected chi connectivity index (χ2v) is 8.02. The number of aromatic nitrogens is 1. The number of benzene rings is 1. The summed E-state index contributed by atoms with van der Waals surface area (Å²) in [4.78, 5) is 28.4. The molecule has 2 heterocycles. The molecular weight excluding hydrogens is 368 g/mol. The topological polar surface area (TPSA) is 79.3 Å². The highest BCUT2D eigenvalue weighted by Gasteiger charge is 2.41. The van der Waals surface area contributed by atoms with Gasteiger partial charge in [0, 0.05) is 16.0 Å². The van der Waals surface area contributed by atoms with Gasteiger partial charge in [0.15, 0.2) is 0 Å². The van der Waals surface area contributed by atoms with E-state index in [-0.39, 0.29) is 5.69 Å². The fraction of sp³-hybridized carbons (Fsp3) is 0.312. The highest BCUT2D eigenvalue weighted by atomic mass is 35.5. The van der Waals surface area contributed by atoms with Gasteiger partial charge in [-0.2, -0.15) is 11.8 Å². The first-order valence-electron chi connectivity index (χ1n) is 7.35. The van der Waals surface area contributed by atoms with Crippen molar-refractivity contribution in [3.8, 4) is 10.6 Å². The zero-order valence-corrected chi connectivity index (χ0v) is 15.0. The molecule has 0 spiro atoms. The van der Waals surface area contributed by atoms with E-state index in [1.807, 2.05) is 12.1 Å². The first kappa shape index (κ1) is 17.3. The van der Waals surface area contributed by atoms with Crippen LogP contribution in [0.4, 0.5) is 0 Å². The fourth-order valence-electron chi connectivity index (χ4n) is 2.50. The van der Waals surface area contributed by atoms with Crippen LogP contribution in [-0.2, 0) is 4.79 Å². The molecule has 5 nitrogen and oxygen atoms in total. The van der Waals surface area contributed by atoms with Crippen LogP contribution in [0.25, 0.3) is 10.6 Å². The summed E-state index contributed by atoms with van der Waals surface area (Å²) in [6.07, 6.45) is 0.847. The average molecular weight is 383 g/mol. The maximum Gasteiger partial charge on any atom is 0.329 e. The molecule has 0 bridgehead atoms. The van der Waals surface area contributed by atoms with Crippen LogP contribution >= 0.6 is 34.7 Å². The van der Waals surface area contributed by atoms with Crippen molar-refractivity contribution in [2.24, 2.45) is 0 Å². The summed E-state index contributed by atoms with van der Waals surface area (Å²) in [6, 6.07) is 7.19. The van der Waals surface area contributed by atoms with E-state index >= 15 is 0 Å². The van der Waals surface area contributed by atoms with E-state index in [4.69, 9.17) is 11.6 Å². The van der Waals surface area contributed by atoms with E-state index < -0.39 is 17.4 Å². The lowest BCUT2D eigenvalue weighted by atomic mass is 9.92. The van der Waals surface area contributed by atoms with Crippen molar-refractivity contribution >= 4 is 46.6 Å². The van der Waals surface area contributed by atoms with Crippen molar-refractivity contribution in [3.05, 3.63) is 40.4 Å². The molecule has 0 radical (unpaired) electrons. The van der Waals surface area contributed by atoms with Gasteiger partial charge in [-0.3, -0.25) is 4.79 Å². The zero-order chi connectivity index (χ0) is 17.2. The summed E-state index contributed by atoms with van der Waals surface area (Å²) in [5, 5.41) is 15.2. The summed E-state index contributed by atoms with van der Waals surface area (Å²) in [5.41, 5.74) is -0.0823. The second-order valence-electron chi connectivity index (χ2n) is 5.50. The minimum atomic E-state index is -1.19. The van der Waals surface area contributed by atoms with Crippen LogP contribution in [0.5, 0.6) is 0 Å². The Kier molecular flexibility index (Phi) is 5.12. The molecule has 1 amide bonds. The Morgan fingerprint density at radius 1 is 1.21 bits per heavy atom. The van der Waals surface area contributed by atoms with E-state index in [2.05, 4.69) is 10.3 Å². The van der Waals surface area contributed by atoms with E-state index in [1.54, 1.807) is 29.3 Å². The van der Waals surface area contributed by atoms with Crippen molar-refractivity contribution in [3.63, 3.8) is 0 Å². The first-order chi connectivity index (χ1) is 11.5. The molecule has 1 aromatic carbocycles. The summed E-state index contributed by atoms with van der Waals surface area (Å²) in [7, 11) is 0. The maximum absolute atomic E-state index is 12.5. The molecule has 1 aliphatic rings. The van der Waals surface area contributed by atoms with E-state index in [0.717, 1.165) is 17.1 Å². The van der Waals surface area contributed by atoms with Crippen LogP contribution in [0.2, 0.25) is 5.02 Å². The first-order valence-corrected chi connectivity index (χ1v) is 9.76. The third-order valence-corrected chi connectivity index (χ3v) is 6.07. The molecule has 0 aliphatic carbocycles. The molecule has 0 atom stereocenters. The third-order valence-electron chi connectivity index (χ3n) is 3.94. The number of hydrogen-bond donors (Lipinski definition) is 2. The number of amides is 1. The number of carbonyl (C=O) groups excluding carboxylic acids is 1. The number of halogens is 1. The minimum Gasteiger partial charge on any atom is -0.480 e. The Labute approximate surface area is 152 Å². The number of hydrogen-bond acceptors (Lipinski definition) is 5. The van der Waals surface area contributed by atoms with Crippen molar-refractivity contribution in [1.29, 1.82) is 0 Å². The van der Waals surface area contributed by atoms with Gasteiger partial charge < -0.3 is 10.4 Å². The Hall–Kier alpha value is -1.57. The van der Waals surface area contributed by atoms with E-state index in [0.29, 0.717) is 22.9 Å². The molecule has 0 saturated carbocycles. The summed E-state index contributed by atoms with van der Waals surface area (Å²) in [6.45, 7) is 0. The Morgan fingerprint density at radius 2 is 1.88 bits per heavy atom. The molecule has 1 aromatic heterocycles. The molecular formula is C16H15ClN2O3S2. The lowest BCUT2D eigenvalue weighted by molar-refractivity contribution is -0.144. The number of rotatable bonds is 4. The smallest absolute Gasteiger partial charge is 0.329 e. The zero-order valence-electron chi connectivity index (χ0n) is 12.6. The van der Waals surface area contributed by atoms with Crippen LogP contribution in [0.15, 0.2) is 29.6 Å². The van der Waals surface area contributed by atoms with Gasteiger partial charge in [0.1, 0.15) is 16.2 Å². The van der Waals surface area contributed by atoms with Crippen LogP contribution in [0.3, 0.4) is 0 Å². The molecule has 1 fully saturated rings. The number of carboxylic acids is 1. The highest BCUT2D eigenvalue weighted by molar-refractivity contribution is 7.99. The van der Waals surface area contributed by atoms with Gasteiger partial charge in [-0.15, -0.1) is 11.3 Å². The fourth-order valence-corrected chi connectivity index (χ4v) is 4.62. The number of nitrogens with zero attached hydrogens (tertiary/aromatic N) is 1. The van der Waals surface area contributed by atoms with Gasteiger partial charge in [0.25, 0.3) is 5.91 Å². The van der Waals surface area contributed by atoms with Crippen LogP contribution in [0.1, 0.15) is 23.3 Å². The quantitative estimate of drug-likeness (QED) is 0.845. The van der Waals surface area contributed by atoms with Crippen molar-refractivity contribution in [2.75, 3.05) is 11.5 Å². The standard InChI is InChI=1S/C16H15ClN2O3S2/c17-11-3-1-10(2-4-11)14-18-12(9-24-14)13(20)19-16(15(21)22)5-7-23-8-6-16/h1-4,9H,5-8H2,(H,19,20)(H,21,22). The number of carboxylic acid groups (broad SMARTS) is 1. The van der Waals surface area contributed by atoms with Crippen LogP contribution in [-0.4, -0.2) is 39.0 Å². The number of thioether (sulfide) groups is 1. The van der Waals surface area contributed by atoms with Gasteiger partial charge in [-0.25, -0.2) is 9.78 Å². The second kappa shape index (κ2) is 7.13. The van der Waals surface area contributed by atoms with Gasteiger partial charge >= 0.3 is 5.97 Å².